The summed E-state index contributed by atoms with van der Waals surface area (Å²) in [4.78, 5) is 16.1. The molecule has 156 valence electrons. The van der Waals surface area contributed by atoms with Gasteiger partial charge in [0.05, 0.1) is 12.0 Å². The van der Waals surface area contributed by atoms with E-state index in [1.165, 1.54) is 24.3 Å². The molecule has 1 saturated heterocycles. The van der Waals surface area contributed by atoms with Gasteiger partial charge in [-0.2, -0.15) is 13.2 Å². The summed E-state index contributed by atoms with van der Waals surface area (Å²) in [6.07, 6.45) is -4.15. The van der Waals surface area contributed by atoms with Crippen molar-refractivity contribution in [2.75, 3.05) is 44.2 Å². The minimum Gasteiger partial charge on any atom is -0.369 e. The molecule has 1 fully saturated rings. The highest BCUT2D eigenvalue weighted by Crippen LogP contribution is 2.31. The Morgan fingerprint density at radius 2 is 1.69 bits per heavy atom. The number of nitrogens with zero attached hydrogens (tertiary/aromatic N) is 2. The van der Waals surface area contributed by atoms with Crippen LogP contribution in [-0.2, 0) is 17.4 Å². The second-order valence-corrected chi connectivity index (χ2v) is 7.03. The third-order valence-electron chi connectivity index (χ3n) is 4.94. The molecule has 0 bridgehead atoms. The summed E-state index contributed by atoms with van der Waals surface area (Å²) in [5.41, 5.74) is 0.687. The number of anilines is 1. The van der Waals surface area contributed by atoms with E-state index in [1.807, 2.05) is 4.90 Å². The minimum atomic E-state index is -4.34. The van der Waals surface area contributed by atoms with E-state index in [1.54, 1.807) is 18.2 Å². The number of benzene rings is 2. The fourth-order valence-electron chi connectivity index (χ4n) is 3.31. The van der Waals surface area contributed by atoms with Crippen LogP contribution in [0, 0.1) is 5.82 Å². The number of hydrogen-bond acceptors (Lipinski definition) is 3. The summed E-state index contributed by atoms with van der Waals surface area (Å²) in [7, 11) is 0. The van der Waals surface area contributed by atoms with Crippen LogP contribution in [0.5, 0.6) is 0 Å². The van der Waals surface area contributed by atoms with Crippen LogP contribution in [0.2, 0.25) is 0 Å². The monoisotopic (exact) mass is 409 g/mol. The van der Waals surface area contributed by atoms with Gasteiger partial charge in [-0.15, -0.1) is 0 Å². The summed E-state index contributed by atoms with van der Waals surface area (Å²) in [5.74, 6) is -0.461. The van der Waals surface area contributed by atoms with E-state index in [-0.39, 0.29) is 18.1 Å². The zero-order chi connectivity index (χ0) is 20.9. The Morgan fingerprint density at radius 1 is 1.00 bits per heavy atom. The topological polar surface area (TPSA) is 35.6 Å². The molecule has 8 heteroatoms. The van der Waals surface area contributed by atoms with Gasteiger partial charge in [-0.25, -0.2) is 4.39 Å². The standard InChI is InChI=1S/C21H23F4N3O/c22-18-6-4-16(5-7-18)14-20(29)26-8-9-27-10-12-28(13-11-27)19-3-1-2-17(15-19)21(23,24)25/h1-7,15H,8-14H2,(H,26,29). The minimum absolute atomic E-state index is 0.126. The molecule has 0 radical (unpaired) electrons. The van der Waals surface area contributed by atoms with E-state index >= 15 is 0 Å². The third-order valence-corrected chi connectivity index (χ3v) is 4.94. The lowest BCUT2D eigenvalue weighted by atomic mass is 10.1. The molecule has 0 unspecified atom stereocenters. The Bertz CT molecular complexity index is 815. The maximum atomic E-state index is 12.9. The highest BCUT2D eigenvalue weighted by Gasteiger charge is 2.31. The Morgan fingerprint density at radius 3 is 2.34 bits per heavy atom. The Balaban J connectivity index is 1.40. The lowest BCUT2D eigenvalue weighted by molar-refractivity contribution is -0.137. The second kappa shape index (κ2) is 9.26. The summed E-state index contributed by atoms with van der Waals surface area (Å²) in [6, 6.07) is 11.2. The van der Waals surface area contributed by atoms with Gasteiger partial charge in [-0.3, -0.25) is 9.69 Å². The maximum Gasteiger partial charge on any atom is 0.416 e. The van der Waals surface area contributed by atoms with Crippen molar-refractivity contribution < 1.29 is 22.4 Å². The summed E-state index contributed by atoms with van der Waals surface area (Å²) < 4.78 is 51.5. The molecule has 1 aliphatic heterocycles. The summed E-state index contributed by atoms with van der Waals surface area (Å²) in [6.45, 7) is 3.85. The number of carbonyl (C=O) groups is 1. The lowest BCUT2D eigenvalue weighted by Gasteiger charge is -2.36. The van der Waals surface area contributed by atoms with Crippen LogP contribution in [-0.4, -0.2) is 50.1 Å². The number of piperazine rings is 1. The first-order valence-electron chi connectivity index (χ1n) is 9.47. The predicted octanol–water partition coefficient (Wildman–Crippen LogP) is 3.33. The van der Waals surface area contributed by atoms with Crippen LogP contribution in [0.3, 0.4) is 0 Å². The van der Waals surface area contributed by atoms with E-state index < -0.39 is 11.7 Å². The van der Waals surface area contributed by atoms with Crippen molar-refractivity contribution >= 4 is 11.6 Å². The number of alkyl halides is 3. The normalized spacial score (nSPS) is 15.4. The summed E-state index contributed by atoms with van der Waals surface area (Å²) >= 11 is 0. The predicted molar refractivity (Wildman–Crippen MR) is 103 cm³/mol. The van der Waals surface area contributed by atoms with Gasteiger partial charge in [-0.1, -0.05) is 18.2 Å². The molecule has 29 heavy (non-hydrogen) atoms. The molecule has 0 aliphatic carbocycles. The van der Waals surface area contributed by atoms with Crippen molar-refractivity contribution in [1.82, 2.24) is 10.2 Å². The largest absolute Gasteiger partial charge is 0.416 e. The number of rotatable bonds is 6. The smallest absolute Gasteiger partial charge is 0.369 e. The maximum absolute atomic E-state index is 12.9. The zero-order valence-corrected chi connectivity index (χ0v) is 15.9. The first-order chi connectivity index (χ1) is 13.8. The van der Waals surface area contributed by atoms with Gasteiger partial charge in [0, 0.05) is 45.0 Å². The molecule has 1 aliphatic rings. The number of amides is 1. The lowest BCUT2D eigenvalue weighted by Crippen LogP contribution is -2.48. The number of halogens is 4. The highest BCUT2D eigenvalue weighted by atomic mass is 19.4. The number of carbonyl (C=O) groups excluding carboxylic acids is 1. The average Bonchev–Trinajstić information content (AvgIpc) is 2.70. The van der Waals surface area contributed by atoms with Crippen LogP contribution in [0.4, 0.5) is 23.2 Å². The fourth-order valence-corrected chi connectivity index (χ4v) is 3.31. The van der Waals surface area contributed by atoms with Gasteiger partial charge in [0.2, 0.25) is 5.91 Å². The number of nitrogens with one attached hydrogen (secondary N) is 1. The molecule has 0 aromatic heterocycles. The molecule has 2 aromatic rings. The zero-order valence-electron chi connectivity index (χ0n) is 15.9. The van der Waals surface area contributed by atoms with Crippen LogP contribution >= 0.6 is 0 Å². The molecule has 1 N–H and O–H groups in total. The van der Waals surface area contributed by atoms with E-state index in [2.05, 4.69) is 10.2 Å². The van der Waals surface area contributed by atoms with Crippen molar-refractivity contribution in [3.63, 3.8) is 0 Å². The second-order valence-electron chi connectivity index (χ2n) is 7.03. The van der Waals surface area contributed by atoms with Crippen LogP contribution in [0.1, 0.15) is 11.1 Å². The van der Waals surface area contributed by atoms with Gasteiger partial charge in [0.1, 0.15) is 5.82 Å². The van der Waals surface area contributed by atoms with Gasteiger partial charge in [-0.05, 0) is 35.9 Å². The van der Waals surface area contributed by atoms with E-state index in [9.17, 15) is 22.4 Å². The Labute approximate surface area is 167 Å². The molecule has 4 nitrogen and oxygen atoms in total. The van der Waals surface area contributed by atoms with Crippen molar-refractivity contribution in [3.8, 4) is 0 Å². The molecular formula is C21H23F4N3O. The van der Waals surface area contributed by atoms with Gasteiger partial charge >= 0.3 is 6.18 Å². The molecule has 1 heterocycles. The van der Waals surface area contributed by atoms with Crippen molar-refractivity contribution in [2.45, 2.75) is 12.6 Å². The average molecular weight is 409 g/mol. The van der Waals surface area contributed by atoms with Crippen molar-refractivity contribution in [3.05, 3.63) is 65.5 Å². The van der Waals surface area contributed by atoms with Gasteiger partial charge < -0.3 is 10.2 Å². The molecule has 0 spiro atoms. The molecule has 3 rings (SSSR count). The number of hydrogen-bond donors (Lipinski definition) is 1. The molecule has 0 saturated carbocycles. The van der Waals surface area contributed by atoms with Crippen molar-refractivity contribution in [1.29, 1.82) is 0 Å². The quantitative estimate of drug-likeness (QED) is 0.744. The highest BCUT2D eigenvalue weighted by molar-refractivity contribution is 5.78. The third kappa shape index (κ3) is 6.19. The van der Waals surface area contributed by atoms with E-state index in [0.29, 0.717) is 45.0 Å². The Hall–Kier alpha value is -2.61. The van der Waals surface area contributed by atoms with Gasteiger partial charge in [0.15, 0.2) is 0 Å². The molecule has 0 atom stereocenters. The molecule has 2 aromatic carbocycles. The molecule has 1 amide bonds. The SMILES string of the molecule is O=C(Cc1ccc(F)cc1)NCCN1CCN(c2cccc(C(F)(F)F)c2)CC1. The van der Waals surface area contributed by atoms with Crippen LogP contribution in [0.25, 0.3) is 0 Å². The van der Waals surface area contributed by atoms with E-state index in [0.717, 1.165) is 11.6 Å². The van der Waals surface area contributed by atoms with Crippen LogP contribution < -0.4 is 10.2 Å². The van der Waals surface area contributed by atoms with Crippen molar-refractivity contribution in [2.24, 2.45) is 0 Å². The first kappa shape index (κ1) is 21.1. The van der Waals surface area contributed by atoms with Crippen LogP contribution in [0.15, 0.2) is 48.5 Å². The fraction of sp³-hybridized carbons (Fsp3) is 0.381. The summed E-state index contributed by atoms with van der Waals surface area (Å²) in [5, 5.41) is 2.85. The van der Waals surface area contributed by atoms with Gasteiger partial charge in [0.25, 0.3) is 0 Å². The van der Waals surface area contributed by atoms with E-state index in [4.69, 9.17) is 0 Å². The molecular weight excluding hydrogens is 386 g/mol. The first-order valence-corrected chi connectivity index (χ1v) is 9.47. The Kier molecular flexibility index (Phi) is 6.74.